The fourth-order valence-corrected chi connectivity index (χ4v) is 4.19. The van der Waals surface area contributed by atoms with Crippen LogP contribution in [0.5, 0.6) is 5.75 Å². The van der Waals surface area contributed by atoms with Crippen LogP contribution in [0.1, 0.15) is 27.3 Å². The number of anilines is 3. The Kier molecular flexibility index (Phi) is 5.70. The summed E-state index contributed by atoms with van der Waals surface area (Å²) in [5, 5.41) is 7.77. The van der Waals surface area contributed by atoms with Crippen LogP contribution in [-0.2, 0) is 14.6 Å². The van der Waals surface area contributed by atoms with Gasteiger partial charge in [-0.1, -0.05) is 24.3 Å². The predicted octanol–water partition coefficient (Wildman–Crippen LogP) is 3.61. The Bertz CT molecular complexity index is 1490. The van der Waals surface area contributed by atoms with Crippen molar-refractivity contribution in [1.82, 2.24) is 10.3 Å². The van der Waals surface area contributed by atoms with E-state index in [4.69, 9.17) is 8.85 Å². The van der Waals surface area contributed by atoms with E-state index in [9.17, 15) is 18.0 Å². The van der Waals surface area contributed by atoms with E-state index in [2.05, 4.69) is 15.6 Å². The molecule has 2 aromatic carbocycles. The van der Waals surface area contributed by atoms with Gasteiger partial charge < -0.3 is 20.7 Å². The lowest BCUT2D eigenvalue weighted by Crippen LogP contribution is -2.20. The van der Waals surface area contributed by atoms with Gasteiger partial charge in [-0.2, -0.15) is 0 Å². The van der Waals surface area contributed by atoms with Crippen molar-refractivity contribution in [2.45, 2.75) is 17.7 Å². The summed E-state index contributed by atoms with van der Waals surface area (Å²) in [5.74, 6) is -0.548. The highest BCUT2D eigenvalue weighted by molar-refractivity contribution is 7.90. The van der Waals surface area contributed by atoms with Gasteiger partial charge in [0, 0.05) is 41.1 Å². The van der Waals surface area contributed by atoms with Crippen molar-refractivity contribution in [1.29, 1.82) is 0 Å². The van der Waals surface area contributed by atoms with Crippen molar-refractivity contribution in [3.63, 3.8) is 0 Å². The van der Waals surface area contributed by atoms with Crippen LogP contribution in [0.4, 0.5) is 17.2 Å². The van der Waals surface area contributed by atoms with E-state index in [1.165, 1.54) is 31.5 Å². The number of ether oxygens (including phenoxy) is 1. The number of amides is 2. The molecule has 0 atom stereocenters. The summed E-state index contributed by atoms with van der Waals surface area (Å²) in [6.45, 7) is -2.72. The van der Waals surface area contributed by atoms with Crippen LogP contribution >= 0.6 is 0 Å². The zero-order chi connectivity index (χ0) is 27.7. The number of benzene rings is 2. The summed E-state index contributed by atoms with van der Waals surface area (Å²) in [4.78, 5) is 29.3. The van der Waals surface area contributed by atoms with Crippen molar-refractivity contribution in [2.24, 2.45) is 5.92 Å². The summed E-state index contributed by atoms with van der Waals surface area (Å²) < 4.78 is 51.5. The Balaban J connectivity index is 1.73. The molecule has 0 aliphatic heterocycles. The van der Waals surface area contributed by atoms with Gasteiger partial charge in [-0.15, -0.1) is 0 Å². The molecule has 3 aromatic rings. The van der Waals surface area contributed by atoms with E-state index in [0.29, 0.717) is 22.6 Å². The molecule has 0 saturated heterocycles. The van der Waals surface area contributed by atoms with E-state index < -0.39 is 22.7 Å². The molecule has 3 N–H and O–H groups in total. The van der Waals surface area contributed by atoms with Gasteiger partial charge in [0.25, 0.3) is 5.91 Å². The lowest BCUT2D eigenvalue weighted by atomic mass is 10.0. The summed E-state index contributed by atoms with van der Waals surface area (Å²) in [6, 6.07) is 13.0. The topological polar surface area (TPSA) is 126 Å². The molecule has 10 heteroatoms. The molecule has 0 bridgehead atoms. The van der Waals surface area contributed by atoms with Gasteiger partial charge in [0.15, 0.2) is 9.84 Å². The fourth-order valence-electron chi connectivity index (χ4n) is 3.56. The molecule has 0 radical (unpaired) electrons. The molecule has 2 amide bonds. The first-order chi connectivity index (χ1) is 17.9. The van der Waals surface area contributed by atoms with Gasteiger partial charge in [-0.25, -0.2) is 13.4 Å². The molecule has 9 nitrogen and oxygen atoms in total. The smallest absolute Gasteiger partial charge is 0.254 e. The van der Waals surface area contributed by atoms with Gasteiger partial charge >= 0.3 is 0 Å². The van der Waals surface area contributed by atoms with Gasteiger partial charge in [-0.05, 0) is 36.6 Å². The largest absolute Gasteiger partial charge is 0.494 e. The van der Waals surface area contributed by atoms with Crippen molar-refractivity contribution < 1.29 is 26.9 Å². The number of nitrogens with zero attached hydrogens (tertiary/aromatic N) is 1. The van der Waals surface area contributed by atoms with Gasteiger partial charge in [0.2, 0.25) is 5.91 Å². The van der Waals surface area contributed by atoms with E-state index >= 15 is 0 Å². The SMILES string of the molecule is [2H]C([2H])([2H])NC(=O)c1cnc(NC(=O)C2CC2)cc1Nc1cccc(-c2ccc(S(C)(=O)=O)cc2)c1OC. The Hall–Kier alpha value is -3.92. The lowest BCUT2D eigenvalue weighted by Gasteiger charge is -2.18. The molecule has 1 fully saturated rings. The summed E-state index contributed by atoms with van der Waals surface area (Å²) in [5.41, 5.74) is 1.89. The molecule has 0 spiro atoms. The second-order valence-electron chi connectivity index (χ2n) is 8.14. The maximum atomic E-state index is 12.8. The third-order valence-corrected chi connectivity index (χ3v) is 6.67. The number of carbonyl (C=O) groups is 2. The van der Waals surface area contributed by atoms with Crippen LogP contribution in [0, 0.1) is 5.92 Å². The summed E-state index contributed by atoms with van der Waals surface area (Å²) in [6.07, 6.45) is 3.91. The minimum Gasteiger partial charge on any atom is -0.494 e. The third kappa shape index (κ3) is 5.43. The summed E-state index contributed by atoms with van der Waals surface area (Å²) >= 11 is 0. The Morgan fingerprint density at radius 1 is 1.11 bits per heavy atom. The molecule has 1 aliphatic carbocycles. The van der Waals surface area contributed by atoms with Crippen LogP contribution < -0.4 is 20.7 Å². The van der Waals surface area contributed by atoms with Crippen LogP contribution in [0.2, 0.25) is 0 Å². The van der Waals surface area contributed by atoms with E-state index in [-0.39, 0.29) is 33.8 Å². The van der Waals surface area contributed by atoms with Crippen LogP contribution in [0.15, 0.2) is 59.6 Å². The highest BCUT2D eigenvalue weighted by Gasteiger charge is 2.30. The summed E-state index contributed by atoms with van der Waals surface area (Å²) in [7, 11) is -1.90. The molecular weight excluding hydrogens is 468 g/mol. The zero-order valence-electron chi connectivity index (χ0n) is 22.1. The third-order valence-electron chi connectivity index (χ3n) is 5.54. The number of hydrogen-bond acceptors (Lipinski definition) is 7. The van der Waals surface area contributed by atoms with E-state index in [1.807, 2.05) is 5.32 Å². The predicted molar refractivity (Wildman–Crippen MR) is 134 cm³/mol. The number of para-hydroxylation sites is 1. The van der Waals surface area contributed by atoms with Crippen LogP contribution in [0.3, 0.4) is 0 Å². The molecule has 1 aliphatic rings. The Morgan fingerprint density at radius 2 is 1.86 bits per heavy atom. The average molecular weight is 498 g/mol. The first-order valence-electron chi connectivity index (χ1n) is 12.2. The Labute approximate surface area is 208 Å². The van der Waals surface area contributed by atoms with Crippen molar-refractivity contribution in [3.8, 4) is 16.9 Å². The lowest BCUT2D eigenvalue weighted by molar-refractivity contribution is -0.117. The van der Waals surface area contributed by atoms with Gasteiger partial charge in [0.05, 0.1) is 28.9 Å². The minimum absolute atomic E-state index is 0.0597. The fraction of sp³-hybridized carbons (Fsp3) is 0.240. The number of methoxy groups -OCH3 is 1. The molecule has 182 valence electrons. The van der Waals surface area contributed by atoms with Crippen molar-refractivity contribution >= 4 is 38.8 Å². The van der Waals surface area contributed by atoms with Gasteiger partial charge in [-0.3, -0.25) is 9.59 Å². The number of pyridine rings is 1. The minimum atomic E-state index is -3.36. The number of aromatic nitrogens is 1. The zero-order valence-corrected chi connectivity index (χ0v) is 19.9. The number of hydrogen-bond donors (Lipinski definition) is 3. The average Bonchev–Trinajstić information content (AvgIpc) is 3.68. The first kappa shape index (κ1) is 20.5. The maximum Gasteiger partial charge on any atom is 0.254 e. The molecule has 1 saturated carbocycles. The number of rotatable bonds is 8. The molecular formula is C25H26N4O5S. The van der Waals surface area contributed by atoms with Crippen LogP contribution in [0.25, 0.3) is 11.1 Å². The maximum absolute atomic E-state index is 12.8. The Morgan fingerprint density at radius 3 is 2.49 bits per heavy atom. The monoisotopic (exact) mass is 497 g/mol. The van der Waals surface area contributed by atoms with E-state index in [1.54, 1.807) is 30.3 Å². The highest BCUT2D eigenvalue weighted by atomic mass is 32.2. The molecule has 35 heavy (non-hydrogen) atoms. The quantitative estimate of drug-likeness (QED) is 0.434. The van der Waals surface area contributed by atoms with Crippen molar-refractivity contribution in [3.05, 3.63) is 60.3 Å². The number of nitrogens with one attached hydrogen (secondary N) is 3. The normalized spacial score (nSPS) is 14.7. The molecule has 0 unspecified atom stereocenters. The van der Waals surface area contributed by atoms with Gasteiger partial charge in [0.1, 0.15) is 11.6 Å². The highest BCUT2D eigenvalue weighted by Crippen LogP contribution is 2.39. The number of sulfone groups is 1. The van der Waals surface area contributed by atoms with Crippen LogP contribution in [-0.4, -0.2) is 45.6 Å². The second kappa shape index (κ2) is 9.75. The first-order valence-corrected chi connectivity index (χ1v) is 12.6. The number of carbonyl (C=O) groups excluding carboxylic acids is 2. The second-order valence-corrected chi connectivity index (χ2v) is 10.2. The molecule has 4 rings (SSSR count). The molecule has 1 aromatic heterocycles. The standard InChI is InChI=1S/C25H26N4O5S/c1-26-25(31)19-14-27-22(29-24(30)16-7-8-16)13-21(19)28-20-6-4-5-18(23(20)34-2)15-9-11-17(12-10-15)35(3,32)33/h4-6,9-14,16H,7-8H2,1-3H3,(H,26,31)(H2,27,28,29,30)/i1D3. The van der Waals surface area contributed by atoms with E-state index in [0.717, 1.165) is 19.1 Å². The molecule has 1 heterocycles. The van der Waals surface area contributed by atoms with Crippen molar-refractivity contribution in [2.75, 3.05) is 31.0 Å².